The van der Waals surface area contributed by atoms with Crippen molar-refractivity contribution in [2.45, 2.75) is 32.5 Å². The minimum absolute atomic E-state index is 0.202. The Morgan fingerprint density at radius 2 is 1.71 bits per heavy atom. The summed E-state index contributed by atoms with van der Waals surface area (Å²) in [5, 5.41) is 15.1. The van der Waals surface area contributed by atoms with Gasteiger partial charge in [-0.15, -0.1) is 0 Å². The topological polar surface area (TPSA) is 92.5 Å². The van der Waals surface area contributed by atoms with Gasteiger partial charge in [0, 0.05) is 18.4 Å². The largest absolute Gasteiger partial charge is 0.480 e. The summed E-state index contributed by atoms with van der Waals surface area (Å²) in [7, 11) is 0. The molecule has 1 aliphatic heterocycles. The van der Waals surface area contributed by atoms with Crippen LogP contribution in [0, 0.1) is 6.92 Å². The smallest absolute Gasteiger partial charge is 0.326 e. The highest BCUT2D eigenvalue weighted by atomic mass is 16.4. The van der Waals surface area contributed by atoms with Crippen molar-refractivity contribution in [3.63, 3.8) is 0 Å². The molecule has 1 atom stereocenters. The highest BCUT2D eigenvalue weighted by Crippen LogP contribution is 2.24. The summed E-state index contributed by atoms with van der Waals surface area (Å²) in [4.78, 5) is 38.8. The molecule has 0 saturated carbocycles. The molecule has 1 aromatic heterocycles. The van der Waals surface area contributed by atoms with Gasteiger partial charge in [-0.25, -0.2) is 9.48 Å². The molecule has 142 valence electrons. The number of fused-ring (bicyclic) bond motifs is 2. The second kappa shape index (κ2) is 6.92. The number of carboxylic acids is 1. The van der Waals surface area contributed by atoms with E-state index in [2.05, 4.69) is 5.10 Å². The average molecular weight is 377 g/mol. The van der Waals surface area contributed by atoms with Crippen LogP contribution in [0.2, 0.25) is 0 Å². The summed E-state index contributed by atoms with van der Waals surface area (Å²) in [6, 6.07) is 13.6. The minimum Gasteiger partial charge on any atom is -0.480 e. The van der Waals surface area contributed by atoms with Gasteiger partial charge in [0.2, 0.25) is 5.91 Å². The molecular weight excluding hydrogens is 358 g/mol. The van der Waals surface area contributed by atoms with Gasteiger partial charge >= 0.3 is 5.97 Å². The van der Waals surface area contributed by atoms with Crippen LogP contribution in [-0.2, 0) is 29.1 Å². The third-order valence-corrected chi connectivity index (χ3v) is 5.19. The number of carbonyl (C=O) groups is 2. The molecule has 0 aliphatic carbocycles. The standard InChI is InChI=1S/C21H19N3O4/c1-13-16-8-4-5-9-17(16)20(26)24(22-13)12-19(25)23-11-15-7-3-2-6-14(15)10-18(23)21(27)28/h2-9,18H,10-12H2,1H3,(H,27,28)/t18-/m1/s1. The molecule has 0 fully saturated rings. The van der Waals surface area contributed by atoms with Crippen LogP contribution in [0.4, 0.5) is 0 Å². The Labute approximate surface area is 160 Å². The summed E-state index contributed by atoms with van der Waals surface area (Å²) in [5.41, 5.74) is 2.12. The first-order chi connectivity index (χ1) is 13.5. The van der Waals surface area contributed by atoms with Crippen LogP contribution < -0.4 is 5.56 Å². The van der Waals surface area contributed by atoms with E-state index in [0.717, 1.165) is 21.2 Å². The Morgan fingerprint density at radius 1 is 1.07 bits per heavy atom. The van der Waals surface area contributed by atoms with Crippen LogP contribution in [0.25, 0.3) is 10.8 Å². The molecule has 0 radical (unpaired) electrons. The minimum atomic E-state index is -1.06. The molecule has 1 N–H and O–H groups in total. The zero-order valence-electron chi connectivity index (χ0n) is 15.3. The maximum absolute atomic E-state index is 13.0. The van der Waals surface area contributed by atoms with E-state index in [0.29, 0.717) is 11.1 Å². The van der Waals surface area contributed by atoms with E-state index in [1.54, 1.807) is 19.1 Å². The zero-order valence-corrected chi connectivity index (χ0v) is 15.3. The second-order valence-electron chi connectivity index (χ2n) is 6.94. The molecule has 2 heterocycles. The fourth-order valence-corrected chi connectivity index (χ4v) is 3.74. The summed E-state index contributed by atoms with van der Waals surface area (Å²) < 4.78 is 1.12. The number of nitrogens with zero attached hydrogens (tertiary/aromatic N) is 3. The molecule has 7 heteroatoms. The van der Waals surface area contributed by atoms with Crippen molar-refractivity contribution in [3.05, 3.63) is 75.7 Å². The van der Waals surface area contributed by atoms with Gasteiger partial charge < -0.3 is 10.0 Å². The van der Waals surface area contributed by atoms with E-state index >= 15 is 0 Å². The van der Waals surface area contributed by atoms with Crippen molar-refractivity contribution in [2.75, 3.05) is 0 Å². The Kier molecular flexibility index (Phi) is 4.43. The number of amides is 1. The van der Waals surface area contributed by atoms with Crippen LogP contribution in [0.1, 0.15) is 16.8 Å². The van der Waals surface area contributed by atoms with Gasteiger partial charge in [0.05, 0.1) is 11.1 Å². The lowest BCUT2D eigenvalue weighted by Crippen LogP contribution is -2.50. The van der Waals surface area contributed by atoms with E-state index in [4.69, 9.17) is 0 Å². The third kappa shape index (κ3) is 3.05. The molecule has 1 amide bonds. The third-order valence-electron chi connectivity index (χ3n) is 5.19. The van der Waals surface area contributed by atoms with Crippen LogP contribution in [0.5, 0.6) is 0 Å². The van der Waals surface area contributed by atoms with Crippen molar-refractivity contribution in [2.24, 2.45) is 0 Å². The Morgan fingerprint density at radius 3 is 2.43 bits per heavy atom. The van der Waals surface area contributed by atoms with Gasteiger partial charge in [-0.2, -0.15) is 5.10 Å². The molecule has 0 unspecified atom stereocenters. The van der Waals surface area contributed by atoms with E-state index < -0.39 is 17.9 Å². The Balaban J connectivity index is 1.68. The molecule has 2 aromatic carbocycles. The van der Waals surface area contributed by atoms with Crippen molar-refractivity contribution in [3.8, 4) is 0 Å². The van der Waals surface area contributed by atoms with E-state index in [-0.39, 0.29) is 25.1 Å². The molecule has 28 heavy (non-hydrogen) atoms. The lowest BCUT2D eigenvalue weighted by atomic mass is 9.94. The van der Waals surface area contributed by atoms with Gasteiger partial charge in [-0.3, -0.25) is 9.59 Å². The normalized spacial score (nSPS) is 16.0. The first-order valence-electron chi connectivity index (χ1n) is 9.01. The van der Waals surface area contributed by atoms with Gasteiger partial charge in [0.1, 0.15) is 12.6 Å². The number of benzene rings is 2. The summed E-state index contributed by atoms with van der Waals surface area (Å²) in [6.07, 6.45) is 0.246. The van der Waals surface area contributed by atoms with Crippen LogP contribution in [0.3, 0.4) is 0 Å². The fourth-order valence-electron chi connectivity index (χ4n) is 3.74. The number of hydrogen-bond acceptors (Lipinski definition) is 4. The monoisotopic (exact) mass is 377 g/mol. The van der Waals surface area contributed by atoms with Gasteiger partial charge in [0.25, 0.3) is 5.56 Å². The van der Waals surface area contributed by atoms with Crippen LogP contribution in [0.15, 0.2) is 53.3 Å². The zero-order chi connectivity index (χ0) is 19.8. The van der Waals surface area contributed by atoms with Crippen LogP contribution >= 0.6 is 0 Å². The predicted octanol–water partition coefficient (Wildman–Crippen LogP) is 1.74. The number of hydrogen-bond donors (Lipinski definition) is 1. The van der Waals surface area contributed by atoms with Gasteiger partial charge in [0.15, 0.2) is 0 Å². The highest BCUT2D eigenvalue weighted by Gasteiger charge is 2.34. The molecule has 0 spiro atoms. The van der Waals surface area contributed by atoms with E-state index in [1.807, 2.05) is 36.4 Å². The lowest BCUT2D eigenvalue weighted by molar-refractivity contribution is -0.151. The molecule has 0 saturated heterocycles. The predicted molar refractivity (Wildman–Crippen MR) is 103 cm³/mol. The van der Waals surface area contributed by atoms with Crippen LogP contribution in [-0.4, -0.2) is 37.7 Å². The lowest BCUT2D eigenvalue weighted by Gasteiger charge is -2.34. The summed E-state index contributed by atoms with van der Waals surface area (Å²) in [5.74, 6) is -1.50. The summed E-state index contributed by atoms with van der Waals surface area (Å²) in [6.45, 7) is 1.68. The first kappa shape index (κ1) is 17.9. The number of rotatable bonds is 3. The summed E-state index contributed by atoms with van der Waals surface area (Å²) >= 11 is 0. The molecule has 0 bridgehead atoms. The SMILES string of the molecule is Cc1nn(CC(=O)N2Cc3ccccc3C[C@@H]2C(=O)O)c(=O)c2ccccc12. The second-order valence-corrected chi connectivity index (χ2v) is 6.94. The van der Waals surface area contributed by atoms with E-state index in [9.17, 15) is 19.5 Å². The van der Waals surface area contributed by atoms with Gasteiger partial charge in [-0.1, -0.05) is 42.5 Å². The molecule has 4 rings (SSSR count). The van der Waals surface area contributed by atoms with Crippen molar-refractivity contribution in [1.29, 1.82) is 0 Å². The number of carbonyl (C=O) groups excluding carboxylic acids is 1. The number of carboxylic acid groups (broad SMARTS) is 1. The molecule has 3 aromatic rings. The quantitative estimate of drug-likeness (QED) is 0.751. The Hall–Kier alpha value is -3.48. The maximum atomic E-state index is 13.0. The molecular formula is C21H19N3O4. The van der Waals surface area contributed by atoms with Gasteiger partial charge in [-0.05, 0) is 24.1 Å². The maximum Gasteiger partial charge on any atom is 0.326 e. The Bertz CT molecular complexity index is 1150. The molecule has 1 aliphatic rings. The number of aliphatic carboxylic acids is 1. The highest BCUT2D eigenvalue weighted by molar-refractivity contribution is 5.86. The number of aromatic nitrogens is 2. The number of aryl methyl sites for hydroxylation is 1. The first-order valence-corrected chi connectivity index (χ1v) is 9.01. The average Bonchev–Trinajstić information content (AvgIpc) is 2.70. The molecule has 7 nitrogen and oxygen atoms in total. The fraction of sp³-hybridized carbons (Fsp3) is 0.238. The van der Waals surface area contributed by atoms with Crippen molar-refractivity contribution in [1.82, 2.24) is 14.7 Å². The van der Waals surface area contributed by atoms with E-state index in [1.165, 1.54) is 4.90 Å². The van der Waals surface area contributed by atoms with Crippen molar-refractivity contribution >= 4 is 22.6 Å². The van der Waals surface area contributed by atoms with Crippen molar-refractivity contribution < 1.29 is 14.7 Å².